The number of aromatic nitrogens is 2. The number of anilines is 1. The summed E-state index contributed by atoms with van der Waals surface area (Å²) in [6.07, 6.45) is 7.19. The molecular weight excluding hydrogens is 256 g/mol. The van der Waals surface area contributed by atoms with Crippen LogP contribution in [0, 0.1) is 0 Å². The molecule has 0 aromatic carbocycles. The van der Waals surface area contributed by atoms with Crippen molar-refractivity contribution in [2.45, 2.75) is 58.4 Å². The fourth-order valence-electron chi connectivity index (χ4n) is 2.49. The van der Waals surface area contributed by atoms with E-state index in [0.29, 0.717) is 6.04 Å². The van der Waals surface area contributed by atoms with Gasteiger partial charge in [-0.1, -0.05) is 20.3 Å². The number of rotatable bonds is 8. The van der Waals surface area contributed by atoms with Crippen LogP contribution in [0.1, 0.15) is 51.8 Å². The smallest absolute Gasteiger partial charge is 0.205 e. The van der Waals surface area contributed by atoms with Gasteiger partial charge in [-0.25, -0.2) is 4.98 Å². The first kappa shape index (κ1) is 14.7. The molecule has 1 fully saturated rings. The largest absolute Gasteiger partial charge is 0.345 e. The van der Waals surface area contributed by atoms with Crippen LogP contribution in [0.2, 0.25) is 0 Å². The summed E-state index contributed by atoms with van der Waals surface area (Å²) in [5, 5.41) is 4.70. The number of nitrogens with zero attached hydrogens (tertiary/aromatic N) is 3. The van der Waals surface area contributed by atoms with Crippen LogP contribution in [0.4, 0.5) is 5.13 Å². The van der Waals surface area contributed by atoms with Gasteiger partial charge >= 0.3 is 0 Å². The third-order valence-corrected chi connectivity index (χ3v) is 4.40. The molecule has 1 N–H and O–H groups in total. The van der Waals surface area contributed by atoms with Crippen LogP contribution in [-0.2, 0) is 6.42 Å². The molecule has 1 atom stereocenters. The number of unbranched alkanes of at least 4 members (excludes halogenated alkanes) is 1. The molecule has 0 radical (unpaired) electrons. The molecule has 1 aromatic heterocycles. The average Bonchev–Trinajstić information content (AvgIpc) is 3.06. The fraction of sp³-hybridized carbons (Fsp3) is 0.857. The Balaban J connectivity index is 1.97. The molecule has 1 aliphatic heterocycles. The van der Waals surface area contributed by atoms with Gasteiger partial charge in [0, 0.05) is 37.1 Å². The van der Waals surface area contributed by atoms with E-state index in [2.05, 4.69) is 28.4 Å². The molecular formula is C14H26N4S. The first-order chi connectivity index (χ1) is 9.33. The van der Waals surface area contributed by atoms with Gasteiger partial charge in [0.2, 0.25) is 5.13 Å². The van der Waals surface area contributed by atoms with E-state index in [4.69, 9.17) is 4.98 Å². The molecule has 1 unspecified atom stereocenters. The van der Waals surface area contributed by atoms with E-state index in [1.165, 1.54) is 32.2 Å². The lowest BCUT2D eigenvalue weighted by Gasteiger charge is -2.24. The minimum atomic E-state index is 0.635. The predicted molar refractivity (Wildman–Crippen MR) is 82.0 cm³/mol. The summed E-state index contributed by atoms with van der Waals surface area (Å²) in [6, 6.07) is 0.635. The molecule has 108 valence electrons. The highest BCUT2D eigenvalue weighted by atomic mass is 32.1. The van der Waals surface area contributed by atoms with Gasteiger partial charge < -0.3 is 10.2 Å². The summed E-state index contributed by atoms with van der Waals surface area (Å²) in [5.74, 6) is 1.02. The third kappa shape index (κ3) is 4.42. The Kier molecular flexibility index (Phi) is 6.04. The van der Waals surface area contributed by atoms with E-state index in [9.17, 15) is 0 Å². The molecule has 4 nitrogen and oxygen atoms in total. The minimum absolute atomic E-state index is 0.635. The number of hydrogen-bond donors (Lipinski definition) is 1. The van der Waals surface area contributed by atoms with E-state index < -0.39 is 0 Å². The molecule has 5 heteroatoms. The second-order valence-electron chi connectivity index (χ2n) is 5.34. The van der Waals surface area contributed by atoms with Crippen LogP contribution in [0.25, 0.3) is 0 Å². The molecule has 0 aliphatic carbocycles. The summed E-state index contributed by atoms with van der Waals surface area (Å²) in [5.41, 5.74) is 0. The normalized spacial score (nSPS) is 18.9. The van der Waals surface area contributed by atoms with Gasteiger partial charge in [-0.15, -0.1) is 0 Å². The zero-order valence-corrected chi connectivity index (χ0v) is 13.0. The van der Waals surface area contributed by atoms with E-state index >= 15 is 0 Å². The standard InChI is InChI=1S/C14H26N4S/c1-3-5-10-18(11-12-8-6-9-15-12)14-16-13(7-4-2)17-19-14/h12,15H,3-11H2,1-2H3. The molecule has 0 bridgehead atoms. The van der Waals surface area contributed by atoms with E-state index in [1.54, 1.807) is 11.5 Å². The number of hydrogen-bond acceptors (Lipinski definition) is 5. The molecule has 2 rings (SSSR count). The molecule has 0 spiro atoms. The molecule has 1 saturated heterocycles. The Hall–Kier alpha value is -0.680. The monoisotopic (exact) mass is 282 g/mol. The van der Waals surface area contributed by atoms with Crippen LogP contribution in [-0.4, -0.2) is 35.0 Å². The quantitative estimate of drug-likeness (QED) is 0.796. The summed E-state index contributed by atoms with van der Waals surface area (Å²) >= 11 is 1.57. The van der Waals surface area contributed by atoms with Crippen molar-refractivity contribution in [3.05, 3.63) is 5.82 Å². The van der Waals surface area contributed by atoms with Gasteiger partial charge in [0.25, 0.3) is 0 Å². The Morgan fingerprint density at radius 1 is 1.37 bits per heavy atom. The summed E-state index contributed by atoms with van der Waals surface area (Å²) in [4.78, 5) is 7.13. The van der Waals surface area contributed by atoms with E-state index in [0.717, 1.165) is 36.9 Å². The summed E-state index contributed by atoms with van der Waals surface area (Å²) in [7, 11) is 0. The average molecular weight is 282 g/mol. The lowest BCUT2D eigenvalue weighted by atomic mass is 10.2. The molecule has 1 aliphatic rings. The SMILES string of the molecule is CCCCN(CC1CCCN1)c1nc(CCC)ns1. The Morgan fingerprint density at radius 3 is 2.95 bits per heavy atom. The zero-order chi connectivity index (χ0) is 13.5. The Morgan fingerprint density at radius 2 is 2.26 bits per heavy atom. The van der Waals surface area contributed by atoms with Crippen molar-refractivity contribution in [2.24, 2.45) is 0 Å². The minimum Gasteiger partial charge on any atom is -0.345 e. The van der Waals surface area contributed by atoms with Crippen molar-refractivity contribution < 1.29 is 0 Å². The topological polar surface area (TPSA) is 41.0 Å². The lowest BCUT2D eigenvalue weighted by Crippen LogP contribution is -2.38. The maximum Gasteiger partial charge on any atom is 0.205 e. The van der Waals surface area contributed by atoms with E-state index in [1.807, 2.05) is 0 Å². The van der Waals surface area contributed by atoms with Gasteiger partial charge in [0.15, 0.2) is 0 Å². The highest BCUT2D eigenvalue weighted by Gasteiger charge is 2.20. The van der Waals surface area contributed by atoms with Crippen LogP contribution in [0.5, 0.6) is 0 Å². The van der Waals surface area contributed by atoms with Crippen LogP contribution in [0.3, 0.4) is 0 Å². The lowest BCUT2D eigenvalue weighted by molar-refractivity contribution is 0.571. The first-order valence-corrected chi connectivity index (χ1v) is 8.41. The summed E-state index contributed by atoms with van der Waals surface area (Å²) in [6.45, 7) is 7.78. The maximum atomic E-state index is 4.70. The van der Waals surface area contributed by atoms with Gasteiger partial charge in [-0.05, 0) is 32.2 Å². The van der Waals surface area contributed by atoms with Crippen molar-refractivity contribution in [2.75, 3.05) is 24.5 Å². The predicted octanol–water partition coefficient (Wildman–Crippen LogP) is 2.85. The van der Waals surface area contributed by atoms with Crippen molar-refractivity contribution >= 4 is 16.7 Å². The van der Waals surface area contributed by atoms with Gasteiger partial charge in [0.1, 0.15) is 5.82 Å². The van der Waals surface area contributed by atoms with Crippen LogP contribution >= 0.6 is 11.5 Å². The highest BCUT2D eigenvalue weighted by Crippen LogP contribution is 2.20. The Bertz CT molecular complexity index is 360. The van der Waals surface area contributed by atoms with Crippen molar-refractivity contribution in [3.8, 4) is 0 Å². The second-order valence-corrected chi connectivity index (χ2v) is 6.07. The zero-order valence-electron chi connectivity index (χ0n) is 12.2. The molecule has 1 aromatic rings. The maximum absolute atomic E-state index is 4.70. The number of nitrogens with one attached hydrogen (secondary N) is 1. The fourth-order valence-corrected chi connectivity index (χ4v) is 3.24. The van der Waals surface area contributed by atoms with Crippen molar-refractivity contribution in [1.29, 1.82) is 0 Å². The third-order valence-electron chi connectivity index (χ3n) is 3.59. The molecule has 2 heterocycles. The Labute approximate surface area is 120 Å². The van der Waals surface area contributed by atoms with Crippen LogP contribution < -0.4 is 10.2 Å². The first-order valence-electron chi connectivity index (χ1n) is 7.64. The van der Waals surface area contributed by atoms with Crippen molar-refractivity contribution in [3.63, 3.8) is 0 Å². The highest BCUT2D eigenvalue weighted by molar-refractivity contribution is 7.09. The second kappa shape index (κ2) is 7.80. The van der Waals surface area contributed by atoms with Gasteiger partial charge in [-0.3, -0.25) is 0 Å². The molecule has 0 saturated carbocycles. The van der Waals surface area contributed by atoms with Crippen molar-refractivity contribution in [1.82, 2.24) is 14.7 Å². The summed E-state index contributed by atoms with van der Waals surface area (Å²) < 4.78 is 4.48. The van der Waals surface area contributed by atoms with Gasteiger partial charge in [0.05, 0.1) is 0 Å². The van der Waals surface area contributed by atoms with Gasteiger partial charge in [-0.2, -0.15) is 4.37 Å². The van der Waals surface area contributed by atoms with Crippen LogP contribution in [0.15, 0.2) is 0 Å². The molecule has 0 amide bonds. The number of aryl methyl sites for hydroxylation is 1. The van der Waals surface area contributed by atoms with E-state index in [-0.39, 0.29) is 0 Å². The molecule has 19 heavy (non-hydrogen) atoms.